The normalized spacial score (nSPS) is 15.4. The van der Waals surface area contributed by atoms with E-state index in [-0.39, 0.29) is 17.6 Å². The molecule has 2 aromatic rings. The van der Waals surface area contributed by atoms with Gasteiger partial charge in [0.2, 0.25) is 5.43 Å². The lowest BCUT2D eigenvalue weighted by molar-refractivity contribution is 0.0384. The zero-order valence-corrected chi connectivity index (χ0v) is 16.3. The lowest BCUT2D eigenvalue weighted by Crippen LogP contribution is -2.37. The van der Waals surface area contributed by atoms with Gasteiger partial charge in [0.15, 0.2) is 0 Å². The molecule has 0 radical (unpaired) electrons. The van der Waals surface area contributed by atoms with Gasteiger partial charge in [-0.2, -0.15) is 0 Å². The number of esters is 1. The van der Waals surface area contributed by atoms with Crippen molar-refractivity contribution < 1.29 is 14.3 Å². The van der Waals surface area contributed by atoms with Crippen molar-refractivity contribution >= 4 is 39.5 Å². The maximum atomic E-state index is 12.6. The third kappa shape index (κ3) is 4.21. The summed E-state index contributed by atoms with van der Waals surface area (Å²) in [7, 11) is 0. The van der Waals surface area contributed by atoms with Crippen LogP contribution >= 0.6 is 22.6 Å². The van der Waals surface area contributed by atoms with Gasteiger partial charge >= 0.3 is 5.97 Å². The Hall–Kier alpha value is -1.45. The molecule has 7 heteroatoms. The van der Waals surface area contributed by atoms with Crippen molar-refractivity contribution in [2.45, 2.75) is 13.3 Å². The van der Waals surface area contributed by atoms with Crippen molar-refractivity contribution in [3.05, 3.63) is 43.2 Å². The van der Waals surface area contributed by atoms with Gasteiger partial charge in [0, 0.05) is 40.3 Å². The Balaban J connectivity index is 1.85. The monoisotopic (exact) mass is 456 g/mol. The van der Waals surface area contributed by atoms with E-state index in [1.54, 1.807) is 6.92 Å². The number of aromatic amines is 1. The van der Waals surface area contributed by atoms with E-state index < -0.39 is 5.97 Å². The van der Waals surface area contributed by atoms with Gasteiger partial charge in [-0.3, -0.25) is 9.69 Å². The number of morpholine rings is 1. The van der Waals surface area contributed by atoms with E-state index in [0.29, 0.717) is 5.39 Å². The van der Waals surface area contributed by atoms with Crippen LogP contribution in [0.2, 0.25) is 0 Å². The van der Waals surface area contributed by atoms with Crippen LogP contribution in [0.3, 0.4) is 0 Å². The number of aromatic nitrogens is 1. The van der Waals surface area contributed by atoms with Crippen molar-refractivity contribution in [2.24, 2.45) is 0 Å². The van der Waals surface area contributed by atoms with E-state index >= 15 is 0 Å². The van der Waals surface area contributed by atoms with Crippen LogP contribution < -0.4 is 5.43 Å². The predicted molar refractivity (Wildman–Crippen MR) is 104 cm³/mol. The van der Waals surface area contributed by atoms with Gasteiger partial charge in [-0.15, -0.1) is 0 Å². The molecular weight excluding hydrogens is 435 g/mol. The molecule has 0 bridgehead atoms. The van der Waals surface area contributed by atoms with E-state index in [2.05, 4.69) is 32.5 Å². The number of rotatable bonds is 5. The summed E-state index contributed by atoms with van der Waals surface area (Å²) >= 11 is 2.25. The molecule has 1 fully saturated rings. The number of carbonyl (C=O) groups excluding carboxylic acids is 1. The molecule has 3 rings (SSSR count). The molecule has 0 amide bonds. The standard InChI is InChI=1S/C18H21IN2O4/c1-2-25-18(23)14-11-20-16-9-12(15(19)10-13(16)17(14)22)3-4-21-5-7-24-8-6-21/h9-11H,2-8H2,1H3,(H,20,22). The zero-order chi connectivity index (χ0) is 17.8. The molecule has 25 heavy (non-hydrogen) atoms. The average Bonchev–Trinajstić information content (AvgIpc) is 2.62. The third-order valence-corrected chi connectivity index (χ3v) is 5.35. The molecule has 1 aliphatic heterocycles. The maximum absolute atomic E-state index is 12.6. The second-order valence-electron chi connectivity index (χ2n) is 5.95. The molecule has 1 N–H and O–H groups in total. The number of hydrogen-bond acceptors (Lipinski definition) is 5. The number of nitrogens with one attached hydrogen (secondary N) is 1. The molecule has 134 valence electrons. The van der Waals surface area contributed by atoms with Crippen molar-refractivity contribution in [1.82, 2.24) is 9.88 Å². The predicted octanol–water partition coefficient (Wildman–Crippen LogP) is 2.18. The molecule has 0 unspecified atom stereocenters. The number of nitrogens with zero attached hydrogens (tertiary/aromatic N) is 1. The number of halogens is 1. The van der Waals surface area contributed by atoms with Crippen LogP contribution in [-0.4, -0.2) is 55.3 Å². The minimum Gasteiger partial charge on any atom is -0.462 e. The van der Waals surface area contributed by atoms with E-state index in [4.69, 9.17) is 9.47 Å². The number of carbonyl (C=O) groups is 1. The van der Waals surface area contributed by atoms with E-state index in [1.165, 1.54) is 11.8 Å². The molecule has 0 saturated carbocycles. The van der Waals surface area contributed by atoms with Gasteiger partial charge in [0.05, 0.1) is 19.8 Å². The second kappa shape index (κ2) is 8.29. The van der Waals surface area contributed by atoms with Gasteiger partial charge in [-0.1, -0.05) is 0 Å². The van der Waals surface area contributed by atoms with Crippen LogP contribution in [0, 0.1) is 3.57 Å². The Morgan fingerprint density at radius 3 is 2.84 bits per heavy atom. The first-order valence-electron chi connectivity index (χ1n) is 8.41. The fraction of sp³-hybridized carbons (Fsp3) is 0.444. The highest BCUT2D eigenvalue weighted by atomic mass is 127. The number of benzene rings is 1. The van der Waals surface area contributed by atoms with Crippen LogP contribution in [-0.2, 0) is 15.9 Å². The first-order chi connectivity index (χ1) is 12.1. The molecule has 0 spiro atoms. The van der Waals surface area contributed by atoms with Crippen LogP contribution in [0.25, 0.3) is 10.9 Å². The SMILES string of the molecule is CCOC(=O)c1c[nH]c2cc(CCN3CCOCC3)c(I)cc2c1=O. The van der Waals surface area contributed by atoms with Gasteiger partial charge in [-0.25, -0.2) is 4.79 Å². The summed E-state index contributed by atoms with van der Waals surface area (Å²) in [6, 6.07) is 3.86. The minimum absolute atomic E-state index is 0.0474. The van der Waals surface area contributed by atoms with Gasteiger partial charge in [0.1, 0.15) is 5.56 Å². The Morgan fingerprint density at radius 1 is 1.36 bits per heavy atom. The highest BCUT2D eigenvalue weighted by Crippen LogP contribution is 2.20. The number of H-pyrrole nitrogens is 1. The van der Waals surface area contributed by atoms with Crippen molar-refractivity contribution in [3.8, 4) is 0 Å². The Labute approximate surface area is 159 Å². The average molecular weight is 456 g/mol. The van der Waals surface area contributed by atoms with Crippen molar-refractivity contribution in [1.29, 1.82) is 0 Å². The summed E-state index contributed by atoms with van der Waals surface area (Å²) < 4.78 is 11.3. The molecule has 1 aromatic heterocycles. The Kier molecular flexibility index (Phi) is 6.08. The smallest absolute Gasteiger partial charge is 0.343 e. The number of ether oxygens (including phenoxy) is 2. The van der Waals surface area contributed by atoms with Gasteiger partial charge < -0.3 is 14.5 Å². The number of fused-ring (bicyclic) bond motifs is 1. The molecule has 0 aliphatic carbocycles. The molecule has 1 aromatic carbocycles. The van der Waals surface area contributed by atoms with E-state index in [9.17, 15) is 9.59 Å². The summed E-state index contributed by atoms with van der Waals surface area (Å²) in [5.41, 5.74) is 1.70. The van der Waals surface area contributed by atoms with Crippen LogP contribution in [0.1, 0.15) is 22.8 Å². The quantitative estimate of drug-likeness (QED) is 0.552. The lowest BCUT2D eigenvalue weighted by Gasteiger charge is -2.26. The molecule has 6 nitrogen and oxygen atoms in total. The fourth-order valence-electron chi connectivity index (χ4n) is 2.94. The largest absolute Gasteiger partial charge is 0.462 e. The lowest BCUT2D eigenvalue weighted by atomic mass is 10.1. The fourth-order valence-corrected chi connectivity index (χ4v) is 3.68. The Bertz CT molecular complexity index is 828. The van der Waals surface area contributed by atoms with Crippen molar-refractivity contribution in [3.63, 3.8) is 0 Å². The highest BCUT2D eigenvalue weighted by molar-refractivity contribution is 14.1. The third-order valence-electron chi connectivity index (χ3n) is 4.34. The number of pyridine rings is 1. The van der Waals surface area contributed by atoms with Crippen molar-refractivity contribution in [2.75, 3.05) is 39.5 Å². The molecule has 1 saturated heterocycles. The van der Waals surface area contributed by atoms with E-state index in [0.717, 1.165) is 48.4 Å². The minimum atomic E-state index is -0.586. The van der Waals surface area contributed by atoms with Gasteiger partial charge in [0.25, 0.3) is 0 Å². The molecular formula is C18H21IN2O4. The maximum Gasteiger partial charge on any atom is 0.343 e. The zero-order valence-electron chi connectivity index (χ0n) is 14.1. The molecule has 0 atom stereocenters. The number of hydrogen-bond donors (Lipinski definition) is 1. The first-order valence-corrected chi connectivity index (χ1v) is 9.49. The first kappa shape index (κ1) is 18.3. The van der Waals surface area contributed by atoms with Crippen LogP contribution in [0.5, 0.6) is 0 Å². The summed E-state index contributed by atoms with van der Waals surface area (Å²) in [6.07, 6.45) is 2.36. The highest BCUT2D eigenvalue weighted by Gasteiger charge is 2.16. The summed E-state index contributed by atoms with van der Waals surface area (Å²) in [4.78, 5) is 29.9. The topological polar surface area (TPSA) is 71.6 Å². The summed E-state index contributed by atoms with van der Waals surface area (Å²) in [5.74, 6) is -0.586. The van der Waals surface area contributed by atoms with E-state index in [1.807, 2.05) is 12.1 Å². The molecule has 1 aliphatic rings. The Morgan fingerprint density at radius 2 is 2.12 bits per heavy atom. The van der Waals surface area contributed by atoms with Crippen LogP contribution in [0.15, 0.2) is 23.1 Å². The summed E-state index contributed by atoms with van der Waals surface area (Å²) in [6.45, 7) is 6.44. The second-order valence-corrected chi connectivity index (χ2v) is 7.11. The van der Waals surface area contributed by atoms with Crippen LogP contribution in [0.4, 0.5) is 0 Å². The summed E-state index contributed by atoms with van der Waals surface area (Å²) in [5, 5.41) is 0.519. The van der Waals surface area contributed by atoms with Gasteiger partial charge in [-0.05, 0) is 53.6 Å². The molecule has 2 heterocycles.